The SMILES string of the molecule is CCC(=O)NCC(=O)NCC(=O)Nc1ccc(COC(=O)Oc2ccc([N+](=O)[O-])cc2)cc1. The zero-order chi connectivity index (χ0) is 24.2. The molecule has 2 rings (SSSR count). The van der Waals surface area contributed by atoms with Crippen LogP contribution >= 0.6 is 0 Å². The molecule has 12 nitrogen and oxygen atoms in total. The Morgan fingerprint density at radius 3 is 2.09 bits per heavy atom. The summed E-state index contributed by atoms with van der Waals surface area (Å²) < 4.78 is 9.92. The standard InChI is InChI=1S/C21H22N4O8/c1-2-18(26)22-11-19(27)23-12-20(28)24-15-5-3-14(4-6-15)13-32-21(29)33-17-9-7-16(8-10-17)25(30)31/h3-10H,2,11-13H2,1H3,(H,22,26)(H,23,27)(H,24,28). The highest BCUT2D eigenvalue weighted by molar-refractivity contribution is 5.95. The Kier molecular flexibility index (Phi) is 9.31. The fourth-order valence-electron chi connectivity index (χ4n) is 2.34. The van der Waals surface area contributed by atoms with Crippen molar-refractivity contribution in [3.8, 4) is 5.75 Å². The second kappa shape index (κ2) is 12.4. The average Bonchev–Trinajstić information content (AvgIpc) is 2.81. The molecule has 174 valence electrons. The third-order valence-corrected chi connectivity index (χ3v) is 4.06. The van der Waals surface area contributed by atoms with Crippen LogP contribution in [-0.2, 0) is 25.7 Å². The first-order valence-corrected chi connectivity index (χ1v) is 9.78. The van der Waals surface area contributed by atoms with Crippen LogP contribution in [0.1, 0.15) is 18.9 Å². The number of carbonyl (C=O) groups excluding carboxylic acids is 4. The first-order chi connectivity index (χ1) is 15.8. The lowest BCUT2D eigenvalue weighted by atomic mass is 10.2. The lowest BCUT2D eigenvalue weighted by Crippen LogP contribution is -2.40. The van der Waals surface area contributed by atoms with Crippen LogP contribution in [0.4, 0.5) is 16.2 Å². The van der Waals surface area contributed by atoms with Crippen LogP contribution in [0.25, 0.3) is 0 Å². The molecular formula is C21H22N4O8. The van der Waals surface area contributed by atoms with Gasteiger partial charge in [0.2, 0.25) is 17.7 Å². The van der Waals surface area contributed by atoms with E-state index in [2.05, 4.69) is 16.0 Å². The van der Waals surface area contributed by atoms with Crippen LogP contribution < -0.4 is 20.7 Å². The van der Waals surface area contributed by atoms with Gasteiger partial charge in [0.15, 0.2) is 0 Å². The van der Waals surface area contributed by atoms with Crippen LogP contribution in [0.5, 0.6) is 5.75 Å². The van der Waals surface area contributed by atoms with Gasteiger partial charge in [0.05, 0.1) is 18.0 Å². The smallest absolute Gasteiger partial charge is 0.429 e. The third-order valence-electron chi connectivity index (χ3n) is 4.06. The first-order valence-electron chi connectivity index (χ1n) is 9.78. The molecule has 0 aliphatic heterocycles. The number of carbonyl (C=O) groups is 4. The Hall–Kier alpha value is -4.48. The van der Waals surface area contributed by atoms with Gasteiger partial charge in [0.1, 0.15) is 12.4 Å². The van der Waals surface area contributed by atoms with E-state index in [9.17, 15) is 29.3 Å². The number of nitro groups is 1. The summed E-state index contributed by atoms with van der Waals surface area (Å²) in [6.45, 7) is 1.09. The highest BCUT2D eigenvalue weighted by Crippen LogP contribution is 2.18. The Labute approximate surface area is 188 Å². The van der Waals surface area contributed by atoms with Crippen molar-refractivity contribution >= 4 is 35.3 Å². The highest BCUT2D eigenvalue weighted by Gasteiger charge is 2.10. The number of benzene rings is 2. The van der Waals surface area contributed by atoms with Crippen LogP contribution in [0.3, 0.4) is 0 Å². The molecule has 3 amide bonds. The molecule has 0 bridgehead atoms. The van der Waals surface area contributed by atoms with Gasteiger partial charge in [-0.25, -0.2) is 4.79 Å². The van der Waals surface area contributed by atoms with E-state index in [1.54, 1.807) is 31.2 Å². The predicted molar refractivity (Wildman–Crippen MR) is 115 cm³/mol. The van der Waals surface area contributed by atoms with Gasteiger partial charge in [0.25, 0.3) is 5.69 Å². The average molecular weight is 458 g/mol. The highest BCUT2D eigenvalue weighted by atomic mass is 16.7. The topological polar surface area (TPSA) is 166 Å². The summed E-state index contributed by atoms with van der Waals surface area (Å²) in [6.07, 6.45) is -0.720. The molecule has 0 saturated carbocycles. The molecule has 0 atom stereocenters. The van der Waals surface area contributed by atoms with Crippen molar-refractivity contribution < 1.29 is 33.6 Å². The van der Waals surface area contributed by atoms with E-state index < -0.39 is 22.9 Å². The fraction of sp³-hybridized carbons (Fsp3) is 0.238. The van der Waals surface area contributed by atoms with Gasteiger partial charge in [0, 0.05) is 24.2 Å². The summed E-state index contributed by atoms with van der Waals surface area (Å²) in [5.41, 5.74) is 0.949. The van der Waals surface area contributed by atoms with Gasteiger partial charge >= 0.3 is 6.16 Å². The number of ether oxygens (including phenoxy) is 2. The number of nitrogens with one attached hydrogen (secondary N) is 3. The first kappa shape index (κ1) is 24.8. The molecule has 2 aromatic carbocycles. The third kappa shape index (κ3) is 9.04. The Balaban J connectivity index is 1.71. The summed E-state index contributed by atoms with van der Waals surface area (Å²) in [5.74, 6) is -1.11. The molecule has 0 fully saturated rings. The maximum Gasteiger partial charge on any atom is 0.514 e. The summed E-state index contributed by atoms with van der Waals surface area (Å²) in [6, 6.07) is 11.4. The molecule has 0 spiro atoms. The number of non-ortho nitro benzene ring substituents is 1. The minimum atomic E-state index is -0.980. The van der Waals surface area contributed by atoms with Crippen molar-refractivity contribution in [2.24, 2.45) is 0 Å². The predicted octanol–water partition coefficient (Wildman–Crippen LogP) is 1.89. The van der Waals surface area contributed by atoms with Gasteiger partial charge < -0.3 is 25.4 Å². The van der Waals surface area contributed by atoms with Gasteiger partial charge in [-0.05, 0) is 29.8 Å². The number of nitrogens with zero attached hydrogens (tertiary/aromatic N) is 1. The van der Waals surface area contributed by atoms with E-state index in [-0.39, 0.29) is 43.5 Å². The minimum absolute atomic E-state index is 0.0976. The molecule has 12 heteroatoms. The van der Waals surface area contributed by atoms with Gasteiger partial charge in [-0.15, -0.1) is 0 Å². The summed E-state index contributed by atoms with van der Waals surface area (Å²) >= 11 is 0. The summed E-state index contributed by atoms with van der Waals surface area (Å²) in [7, 11) is 0. The molecule has 33 heavy (non-hydrogen) atoms. The van der Waals surface area contributed by atoms with E-state index in [1.165, 1.54) is 24.3 Å². The number of amides is 3. The summed E-state index contributed by atoms with van der Waals surface area (Å²) in [4.78, 5) is 56.4. The van der Waals surface area contributed by atoms with Crippen molar-refractivity contribution in [1.82, 2.24) is 10.6 Å². The largest absolute Gasteiger partial charge is 0.514 e. The zero-order valence-electron chi connectivity index (χ0n) is 17.7. The van der Waals surface area contributed by atoms with Crippen molar-refractivity contribution in [3.05, 3.63) is 64.2 Å². The molecule has 0 aliphatic rings. The normalized spacial score (nSPS) is 9.97. The van der Waals surface area contributed by atoms with Crippen LogP contribution in [0, 0.1) is 10.1 Å². The molecule has 0 radical (unpaired) electrons. The fourth-order valence-corrected chi connectivity index (χ4v) is 2.34. The van der Waals surface area contributed by atoms with Crippen molar-refractivity contribution in [1.29, 1.82) is 0 Å². The van der Waals surface area contributed by atoms with Crippen LogP contribution in [-0.4, -0.2) is 41.9 Å². The zero-order valence-corrected chi connectivity index (χ0v) is 17.7. The van der Waals surface area contributed by atoms with Gasteiger partial charge in [-0.1, -0.05) is 19.1 Å². The van der Waals surface area contributed by atoms with Gasteiger partial charge in [-0.2, -0.15) is 0 Å². The number of anilines is 1. The molecule has 3 N–H and O–H groups in total. The van der Waals surface area contributed by atoms with E-state index in [0.717, 1.165) is 0 Å². The molecule has 0 saturated heterocycles. The monoisotopic (exact) mass is 458 g/mol. The molecular weight excluding hydrogens is 436 g/mol. The summed E-state index contributed by atoms with van der Waals surface area (Å²) in [5, 5.41) is 18.0. The number of hydrogen-bond donors (Lipinski definition) is 3. The van der Waals surface area contributed by atoms with E-state index >= 15 is 0 Å². The maximum absolute atomic E-state index is 11.9. The molecule has 2 aromatic rings. The Morgan fingerprint density at radius 1 is 0.879 bits per heavy atom. The Bertz CT molecular complexity index is 1010. The van der Waals surface area contributed by atoms with Crippen molar-refractivity contribution in [2.75, 3.05) is 18.4 Å². The van der Waals surface area contributed by atoms with Crippen LogP contribution in [0.15, 0.2) is 48.5 Å². The molecule has 0 heterocycles. The molecule has 0 unspecified atom stereocenters. The van der Waals surface area contributed by atoms with E-state index in [0.29, 0.717) is 11.3 Å². The molecule has 0 aliphatic carbocycles. The lowest BCUT2D eigenvalue weighted by Gasteiger charge is -2.09. The minimum Gasteiger partial charge on any atom is -0.429 e. The second-order valence-corrected chi connectivity index (χ2v) is 6.54. The maximum atomic E-state index is 11.9. The second-order valence-electron chi connectivity index (χ2n) is 6.54. The van der Waals surface area contributed by atoms with Crippen molar-refractivity contribution in [3.63, 3.8) is 0 Å². The quantitative estimate of drug-likeness (QED) is 0.210. The van der Waals surface area contributed by atoms with Crippen LogP contribution in [0.2, 0.25) is 0 Å². The number of rotatable bonds is 10. The Morgan fingerprint density at radius 2 is 1.48 bits per heavy atom. The van der Waals surface area contributed by atoms with Gasteiger partial charge in [-0.3, -0.25) is 24.5 Å². The lowest BCUT2D eigenvalue weighted by molar-refractivity contribution is -0.384. The van der Waals surface area contributed by atoms with E-state index in [4.69, 9.17) is 9.47 Å². The molecule has 0 aromatic heterocycles. The van der Waals surface area contributed by atoms with Crippen molar-refractivity contribution in [2.45, 2.75) is 20.0 Å². The van der Waals surface area contributed by atoms with E-state index in [1.807, 2.05) is 0 Å². The number of hydrogen-bond acceptors (Lipinski definition) is 8. The number of nitro benzene ring substituents is 1.